The molecule has 0 amide bonds. The molecule has 0 heterocycles. The predicted molar refractivity (Wildman–Crippen MR) is 82.0 cm³/mol. The van der Waals surface area contributed by atoms with Crippen molar-refractivity contribution in [2.24, 2.45) is 17.8 Å². The maximum atomic E-state index is 13.4. The summed E-state index contributed by atoms with van der Waals surface area (Å²) in [5.74, 6) is -1.26. The molecular formula is C19H23F3. The van der Waals surface area contributed by atoms with Crippen LogP contribution in [-0.4, -0.2) is 0 Å². The first kappa shape index (κ1) is 15.6. The molecule has 2 unspecified atom stereocenters. The van der Waals surface area contributed by atoms with Gasteiger partial charge in [0, 0.05) is 0 Å². The quantitative estimate of drug-likeness (QED) is 0.476. The van der Waals surface area contributed by atoms with Gasteiger partial charge in [0.2, 0.25) is 0 Å². The molecule has 3 heteroatoms. The van der Waals surface area contributed by atoms with Gasteiger partial charge in [0.15, 0.2) is 17.5 Å². The monoisotopic (exact) mass is 308 g/mol. The van der Waals surface area contributed by atoms with Crippen molar-refractivity contribution in [2.75, 3.05) is 0 Å². The van der Waals surface area contributed by atoms with Gasteiger partial charge in [-0.3, -0.25) is 0 Å². The average molecular weight is 308 g/mol. The fraction of sp³-hybridized carbons (Fsp3) is 0.579. The molecular weight excluding hydrogens is 285 g/mol. The fourth-order valence-electron chi connectivity index (χ4n) is 4.52. The second kappa shape index (κ2) is 6.47. The lowest BCUT2D eigenvalue weighted by Gasteiger charge is -2.14. The van der Waals surface area contributed by atoms with Crippen LogP contribution in [-0.2, 0) is 0 Å². The van der Waals surface area contributed by atoms with Crippen molar-refractivity contribution in [3.63, 3.8) is 0 Å². The minimum absolute atomic E-state index is 0.176. The molecule has 1 aromatic carbocycles. The molecule has 0 bridgehead atoms. The Labute approximate surface area is 130 Å². The molecule has 2 saturated carbocycles. The Morgan fingerprint density at radius 2 is 1.50 bits per heavy atom. The van der Waals surface area contributed by atoms with E-state index in [0.717, 1.165) is 25.2 Å². The Morgan fingerprint density at radius 1 is 0.955 bits per heavy atom. The minimum atomic E-state index is -1.36. The zero-order valence-electron chi connectivity index (χ0n) is 12.8. The highest BCUT2D eigenvalue weighted by atomic mass is 19.2. The van der Waals surface area contributed by atoms with Gasteiger partial charge < -0.3 is 0 Å². The molecule has 0 N–H and O–H groups in total. The molecule has 0 nitrogen and oxygen atoms in total. The summed E-state index contributed by atoms with van der Waals surface area (Å²) in [5.41, 5.74) is 0.632. The van der Waals surface area contributed by atoms with Crippen LogP contribution in [0.25, 0.3) is 0 Å². The van der Waals surface area contributed by atoms with E-state index in [1.807, 2.05) is 6.08 Å². The van der Waals surface area contributed by atoms with Crippen molar-refractivity contribution in [1.29, 1.82) is 0 Å². The summed E-state index contributed by atoms with van der Waals surface area (Å²) in [4.78, 5) is 0. The van der Waals surface area contributed by atoms with Gasteiger partial charge in [0.1, 0.15) is 0 Å². The molecule has 22 heavy (non-hydrogen) atoms. The zero-order chi connectivity index (χ0) is 15.7. The first-order valence-corrected chi connectivity index (χ1v) is 8.33. The lowest BCUT2D eigenvalue weighted by Crippen LogP contribution is -2.04. The smallest absolute Gasteiger partial charge is 0.194 e. The Hall–Kier alpha value is -1.25. The summed E-state index contributed by atoms with van der Waals surface area (Å²) in [6, 6.07) is 2.38. The first-order valence-electron chi connectivity index (χ1n) is 8.33. The second-order valence-electron chi connectivity index (χ2n) is 7.03. The van der Waals surface area contributed by atoms with E-state index < -0.39 is 17.5 Å². The maximum absolute atomic E-state index is 13.4. The third-order valence-corrected chi connectivity index (χ3v) is 5.71. The van der Waals surface area contributed by atoms with Gasteiger partial charge in [0.25, 0.3) is 0 Å². The van der Waals surface area contributed by atoms with Crippen molar-refractivity contribution in [3.8, 4) is 0 Å². The predicted octanol–water partition coefficient (Wildman–Crippen LogP) is 5.98. The van der Waals surface area contributed by atoms with E-state index in [2.05, 4.69) is 6.58 Å². The van der Waals surface area contributed by atoms with Gasteiger partial charge in [-0.25, -0.2) is 13.2 Å². The van der Waals surface area contributed by atoms with Gasteiger partial charge in [0.05, 0.1) is 0 Å². The molecule has 2 aliphatic carbocycles. The van der Waals surface area contributed by atoms with E-state index in [1.165, 1.54) is 37.8 Å². The summed E-state index contributed by atoms with van der Waals surface area (Å²) in [7, 11) is 0. The van der Waals surface area contributed by atoms with E-state index in [-0.39, 0.29) is 5.92 Å². The van der Waals surface area contributed by atoms with Crippen LogP contribution in [0.3, 0.4) is 0 Å². The van der Waals surface area contributed by atoms with E-state index in [4.69, 9.17) is 0 Å². The molecule has 2 atom stereocenters. The van der Waals surface area contributed by atoms with Crippen molar-refractivity contribution < 1.29 is 13.2 Å². The average Bonchev–Trinajstić information content (AvgIpc) is 2.81. The molecule has 0 aliphatic heterocycles. The van der Waals surface area contributed by atoms with Gasteiger partial charge in [-0.1, -0.05) is 6.08 Å². The van der Waals surface area contributed by atoms with Crippen LogP contribution in [0.15, 0.2) is 24.8 Å². The third kappa shape index (κ3) is 3.09. The fourth-order valence-corrected chi connectivity index (χ4v) is 4.52. The first-order chi connectivity index (χ1) is 10.6. The molecule has 0 spiro atoms. The van der Waals surface area contributed by atoms with Crippen molar-refractivity contribution in [1.82, 2.24) is 0 Å². The summed E-state index contributed by atoms with van der Waals surface area (Å²) in [6.45, 7) is 3.83. The van der Waals surface area contributed by atoms with Crippen LogP contribution in [0.1, 0.15) is 56.4 Å². The molecule has 0 saturated heterocycles. The highest BCUT2D eigenvalue weighted by Gasteiger charge is 2.37. The number of rotatable bonds is 3. The van der Waals surface area contributed by atoms with Gasteiger partial charge in [-0.2, -0.15) is 0 Å². The Balaban J connectivity index is 1.70. The Morgan fingerprint density at radius 3 is 2.00 bits per heavy atom. The van der Waals surface area contributed by atoms with E-state index in [1.54, 1.807) is 0 Å². The molecule has 2 aliphatic rings. The molecule has 0 radical (unpaired) electrons. The largest absolute Gasteiger partial charge is 0.204 e. The maximum Gasteiger partial charge on any atom is 0.194 e. The Kier molecular flexibility index (Phi) is 4.60. The lowest BCUT2D eigenvalue weighted by molar-refractivity contribution is 0.367. The third-order valence-electron chi connectivity index (χ3n) is 5.71. The highest BCUT2D eigenvalue weighted by molar-refractivity contribution is 5.24. The molecule has 3 rings (SSSR count). The van der Waals surface area contributed by atoms with Crippen molar-refractivity contribution in [2.45, 2.75) is 50.9 Å². The number of halogens is 3. The van der Waals surface area contributed by atoms with Gasteiger partial charge in [-0.15, -0.1) is 6.58 Å². The minimum Gasteiger partial charge on any atom is -0.204 e. The van der Waals surface area contributed by atoms with Crippen LogP contribution in [0, 0.1) is 35.2 Å². The number of benzene rings is 1. The van der Waals surface area contributed by atoms with Crippen molar-refractivity contribution >= 4 is 0 Å². The van der Waals surface area contributed by atoms with Gasteiger partial charge >= 0.3 is 0 Å². The van der Waals surface area contributed by atoms with Crippen molar-refractivity contribution in [3.05, 3.63) is 47.8 Å². The molecule has 2 fully saturated rings. The number of hydrogen-bond acceptors (Lipinski definition) is 0. The van der Waals surface area contributed by atoms with Crippen LogP contribution in [0.2, 0.25) is 0 Å². The highest BCUT2D eigenvalue weighted by Crippen LogP contribution is 2.49. The summed E-state index contributed by atoms with van der Waals surface area (Å²) < 4.78 is 40.0. The van der Waals surface area contributed by atoms with Crippen LogP contribution in [0.4, 0.5) is 13.2 Å². The second-order valence-corrected chi connectivity index (χ2v) is 7.03. The normalized spacial score (nSPS) is 31.6. The lowest BCUT2D eigenvalue weighted by atomic mass is 9.91. The Bertz CT molecular complexity index is 513. The van der Waals surface area contributed by atoms with E-state index in [0.29, 0.717) is 17.4 Å². The van der Waals surface area contributed by atoms with E-state index >= 15 is 0 Å². The summed E-state index contributed by atoms with van der Waals surface area (Å²) >= 11 is 0. The summed E-state index contributed by atoms with van der Waals surface area (Å²) in [6.07, 6.45) is 9.93. The molecule has 1 aromatic rings. The van der Waals surface area contributed by atoms with Gasteiger partial charge in [-0.05, 0) is 86.3 Å². The topological polar surface area (TPSA) is 0 Å². The standard InChI is InChI=1S/C19H23F3/c1-2-3-12-4-6-13-8-15(9-14(13)7-5-12)16-10-17(20)19(22)18(21)11-16/h2,10-15H,1,3-9H2. The summed E-state index contributed by atoms with van der Waals surface area (Å²) in [5, 5.41) is 0. The molecule has 120 valence electrons. The SMILES string of the molecule is C=CCC1CCC2CC(c3cc(F)c(F)c(F)c3)CC2CC1. The molecule has 0 aromatic heterocycles. The number of allylic oxidation sites excluding steroid dienone is 1. The number of fused-ring (bicyclic) bond motifs is 1. The van der Waals surface area contributed by atoms with Crippen LogP contribution in [0.5, 0.6) is 0 Å². The van der Waals surface area contributed by atoms with Crippen LogP contribution >= 0.6 is 0 Å². The van der Waals surface area contributed by atoms with E-state index in [9.17, 15) is 13.2 Å². The van der Waals surface area contributed by atoms with Crippen LogP contribution < -0.4 is 0 Å². The number of hydrogen-bond donors (Lipinski definition) is 0. The zero-order valence-corrected chi connectivity index (χ0v) is 12.8.